The molecule has 1 aliphatic rings. The molecule has 15 heavy (non-hydrogen) atoms. The molecule has 1 aliphatic heterocycles. The van der Waals surface area contributed by atoms with Gasteiger partial charge in [0.2, 0.25) is 0 Å². The summed E-state index contributed by atoms with van der Waals surface area (Å²) in [6, 6.07) is 2.40. The Bertz CT molecular complexity index is 385. The molecule has 0 bridgehead atoms. The molecule has 0 aliphatic carbocycles. The van der Waals surface area contributed by atoms with Crippen LogP contribution < -0.4 is 5.32 Å². The summed E-state index contributed by atoms with van der Waals surface area (Å²) in [6.45, 7) is 0. The van der Waals surface area contributed by atoms with Crippen LogP contribution in [-0.2, 0) is 16.0 Å². The van der Waals surface area contributed by atoms with E-state index >= 15 is 0 Å². The average Bonchev–Trinajstić information content (AvgIpc) is 2.60. The fraction of sp³-hybridized carbons (Fsp3) is 0.300. The number of hydrogen-bond donors (Lipinski definition) is 3. The van der Waals surface area contributed by atoms with E-state index in [0.717, 1.165) is 5.56 Å². The van der Waals surface area contributed by atoms with E-state index in [1.54, 1.807) is 0 Å². The second-order valence-electron chi connectivity index (χ2n) is 3.42. The molecule has 0 aromatic heterocycles. The lowest BCUT2D eigenvalue weighted by Crippen LogP contribution is -2.27. The van der Waals surface area contributed by atoms with Gasteiger partial charge in [-0.3, -0.25) is 0 Å². The van der Waals surface area contributed by atoms with Gasteiger partial charge in [0.25, 0.3) is 0 Å². The highest BCUT2D eigenvalue weighted by Gasteiger charge is 2.28. The number of fused-ring (bicyclic) bond motifs is 1. The first-order chi connectivity index (χ1) is 7.11. The highest BCUT2D eigenvalue weighted by Crippen LogP contribution is 2.35. The number of carbonyl (C=O) groups excluding carboxylic acids is 1. The van der Waals surface area contributed by atoms with E-state index in [-0.39, 0.29) is 17.5 Å². The Balaban J connectivity index is 2.27. The van der Waals surface area contributed by atoms with Gasteiger partial charge in [0.1, 0.15) is 6.04 Å². The average molecular weight is 209 g/mol. The zero-order chi connectivity index (χ0) is 11.0. The van der Waals surface area contributed by atoms with Crippen molar-refractivity contribution in [3.8, 4) is 11.5 Å². The maximum atomic E-state index is 11.2. The van der Waals surface area contributed by atoms with Crippen molar-refractivity contribution >= 4 is 11.7 Å². The lowest BCUT2D eigenvalue weighted by atomic mass is 10.1. The van der Waals surface area contributed by atoms with Crippen LogP contribution in [0.3, 0.4) is 0 Å². The smallest absolute Gasteiger partial charge is 0.328 e. The Kier molecular flexibility index (Phi) is 2.15. The summed E-state index contributed by atoms with van der Waals surface area (Å²) in [7, 11) is 1.32. The van der Waals surface area contributed by atoms with Gasteiger partial charge in [0.15, 0.2) is 11.5 Å². The van der Waals surface area contributed by atoms with Crippen LogP contribution in [0.5, 0.6) is 11.5 Å². The third kappa shape index (κ3) is 1.56. The highest BCUT2D eigenvalue weighted by molar-refractivity contribution is 5.83. The van der Waals surface area contributed by atoms with Crippen LogP contribution in [-0.4, -0.2) is 29.3 Å². The standard InChI is InChI=1S/C10H11NO4/c1-15-10(14)7-2-5-3-8(12)9(13)4-6(5)11-7/h3-4,7,11-13H,2H2,1H3. The number of hydrogen-bond acceptors (Lipinski definition) is 5. The van der Waals surface area contributed by atoms with Crippen LogP contribution in [0.1, 0.15) is 5.56 Å². The molecule has 0 fully saturated rings. The van der Waals surface area contributed by atoms with E-state index in [2.05, 4.69) is 10.1 Å². The summed E-state index contributed by atoms with van der Waals surface area (Å²) in [5.74, 6) is -0.738. The number of phenolic OH excluding ortho intramolecular Hbond substituents is 2. The summed E-state index contributed by atoms with van der Waals surface area (Å²) in [6.07, 6.45) is 0.454. The van der Waals surface area contributed by atoms with Gasteiger partial charge in [-0.1, -0.05) is 0 Å². The molecular formula is C10H11NO4. The second kappa shape index (κ2) is 3.34. The monoisotopic (exact) mass is 209 g/mol. The first-order valence-corrected chi connectivity index (χ1v) is 4.51. The van der Waals surface area contributed by atoms with Gasteiger partial charge in [0, 0.05) is 18.2 Å². The van der Waals surface area contributed by atoms with Crippen molar-refractivity contribution in [3.05, 3.63) is 17.7 Å². The normalized spacial score (nSPS) is 18.1. The molecule has 3 N–H and O–H groups in total. The van der Waals surface area contributed by atoms with Gasteiger partial charge < -0.3 is 20.3 Å². The topological polar surface area (TPSA) is 78.8 Å². The van der Waals surface area contributed by atoms with Crippen LogP contribution >= 0.6 is 0 Å². The van der Waals surface area contributed by atoms with Crippen molar-refractivity contribution in [2.45, 2.75) is 12.5 Å². The number of ether oxygens (including phenoxy) is 1. The number of carbonyl (C=O) groups is 1. The number of anilines is 1. The largest absolute Gasteiger partial charge is 0.504 e. The molecule has 5 heteroatoms. The third-order valence-electron chi connectivity index (χ3n) is 2.44. The number of methoxy groups -OCH3 is 1. The molecule has 1 aromatic rings. The predicted octanol–water partition coefficient (Wildman–Crippen LogP) is 0.607. The molecule has 80 valence electrons. The molecule has 1 aromatic carbocycles. The van der Waals surface area contributed by atoms with E-state index in [1.807, 2.05) is 0 Å². The summed E-state index contributed by atoms with van der Waals surface area (Å²) < 4.78 is 4.60. The van der Waals surface area contributed by atoms with E-state index < -0.39 is 6.04 Å². The minimum absolute atomic E-state index is 0.180. The third-order valence-corrected chi connectivity index (χ3v) is 2.44. The molecule has 0 saturated carbocycles. The minimum Gasteiger partial charge on any atom is -0.504 e. The number of rotatable bonds is 1. The van der Waals surface area contributed by atoms with E-state index in [1.165, 1.54) is 19.2 Å². The molecule has 1 heterocycles. The Hall–Kier alpha value is -1.91. The first-order valence-electron chi connectivity index (χ1n) is 4.51. The fourth-order valence-electron chi connectivity index (χ4n) is 1.67. The zero-order valence-electron chi connectivity index (χ0n) is 8.15. The zero-order valence-corrected chi connectivity index (χ0v) is 8.15. The van der Waals surface area contributed by atoms with Crippen LogP contribution in [0.25, 0.3) is 0 Å². The first kappa shape index (κ1) is 9.64. The van der Waals surface area contributed by atoms with Gasteiger partial charge >= 0.3 is 5.97 Å². The summed E-state index contributed by atoms with van der Waals surface area (Å²) in [5.41, 5.74) is 1.45. The van der Waals surface area contributed by atoms with Crippen LogP contribution in [0, 0.1) is 0 Å². The molecule has 0 saturated heterocycles. The summed E-state index contributed by atoms with van der Waals surface area (Å²) in [4.78, 5) is 11.2. The molecule has 1 atom stereocenters. The van der Waals surface area contributed by atoms with Crippen molar-refractivity contribution in [1.82, 2.24) is 0 Å². The van der Waals surface area contributed by atoms with E-state index in [0.29, 0.717) is 12.1 Å². The van der Waals surface area contributed by atoms with Crippen molar-refractivity contribution in [3.63, 3.8) is 0 Å². The molecule has 0 radical (unpaired) electrons. The maximum Gasteiger partial charge on any atom is 0.328 e. The van der Waals surface area contributed by atoms with Gasteiger partial charge in [-0.15, -0.1) is 0 Å². The molecule has 1 unspecified atom stereocenters. The molecule has 0 amide bonds. The van der Waals surface area contributed by atoms with Crippen molar-refractivity contribution < 1.29 is 19.7 Å². The number of aromatic hydroxyl groups is 2. The molecule has 0 spiro atoms. The van der Waals surface area contributed by atoms with E-state index in [4.69, 9.17) is 0 Å². The van der Waals surface area contributed by atoms with Gasteiger partial charge in [0.05, 0.1) is 7.11 Å². The van der Waals surface area contributed by atoms with Gasteiger partial charge in [-0.2, -0.15) is 0 Å². The summed E-state index contributed by atoms with van der Waals surface area (Å²) >= 11 is 0. The lowest BCUT2D eigenvalue weighted by molar-refractivity contribution is -0.141. The Morgan fingerprint density at radius 2 is 2.13 bits per heavy atom. The van der Waals surface area contributed by atoms with Gasteiger partial charge in [-0.25, -0.2) is 4.79 Å². The SMILES string of the molecule is COC(=O)C1Cc2cc(O)c(O)cc2N1. The van der Waals surface area contributed by atoms with Crippen molar-refractivity contribution in [2.75, 3.05) is 12.4 Å². The van der Waals surface area contributed by atoms with Crippen LogP contribution in [0.15, 0.2) is 12.1 Å². The molecule has 2 rings (SSSR count). The minimum atomic E-state index is -0.439. The number of phenols is 2. The van der Waals surface area contributed by atoms with Crippen LogP contribution in [0.4, 0.5) is 5.69 Å². The highest BCUT2D eigenvalue weighted by atomic mass is 16.5. The predicted molar refractivity (Wildman–Crippen MR) is 52.9 cm³/mol. The van der Waals surface area contributed by atoms with E-state index in [9.17, 15) is 15.0 Å². The Morgan fingerprint density at radius 3 is 2.80 bits per heavy atom. The number of benzene rings is 1. The molecule has 5 nitrogen and oxygen atoms in total. The Labute approximate surface area is 86.3 Å². The van der Waals surface area contributed by atoms with Crippen molar-refractivity contribution in [1.29, 1.82) is 0 Å². The van der Waals surface area contributed by atoms with Crippen LogP contribution in [0.2, 0.25) is 0 Å². The second-order valence-corrected chi connectivity index (χ2v) is 3.42. The fourth-order valence-corrected chi connectivity index (χ4v) is 1.67. The number of esters is 1. The lowest BCUT2D eigenvalue weighted by Gasteiger charge is -2.07. The summed E-state index contributed by atoms with van der Waals surface area (Å²) in [5, 5.41) is 21.4. The van der Waals surface area contributed by atoms with Gasteiger partial charge in [-0.05, 0) is 11.6 Å². The van der Waals surface area contributed by atoms with Crippen molar-refractivity contribution in [2.24, 2.45) is 0 Å². The Morgan fingerprint density at radius 1 is 1.47 bits per heavy atom. The quantitative estimate of drug-likeness (QED) is 0.359. The number of nitrogens with one attached hydrogen (secondary N) is 1. The maximum absolute atomic E-state index is 11.2. The molecular weight excluding hydrogens is 198 g/mol.